The van der Waals surface area contributed by atoms with E-state index >= 15 is 0 Å². The number of benzene rings is 2. The molecule has 138 valence electrons. The third kappa shape index (κ3) is 5.03. The van der Waals surface area contributed by atoms with Crippen LogP contribution in [0.3, 0.4) is 0 Å². The second-order valence-electron chi connectivity index (χ2n) is 6.33. The molecule has 0 radical (unpaired) electrons. The lowest BCUT2D eigenvalue weighted by molar-refractivity contribution is -0.111. The Hall–Kier alpha value is -2.44. The van der Waals surface area contributed by atoms with Gasteiger partial charge < -0.3 is 5.32 Å². The summed E-state index contributed by atoms with van der Waals surface area (Å²) in [4.78, 5) is 12.3. The van der Waals surface area contributed by atoms with Gasteiger partial charge >= 0.3 is 0 Å². The van der Waals surface area contributed by atoms with Crippen LogP contribution in [-0.2, 0) is 14.8 Å². The summed E-state index contributed by atoms with van der Waals surface area (Å²) >= 11 is 0. The molecule has 1 amide bonds. The van der Waals surface area contributed by atoms with E-state index in [1.165, 1.54) is 24.8 Å². The molecule has 0 aliphatic heterocycles. The van der Waals surface area contributed by atoms with Gasteiger partial charge in [-0.05, 0) is 54.8 Å². The molecular formula is C20H24N2O3S. The summed E-state index contributed by atoms with van der Waals surface area (Å²) in [6, 6.07) is 12.8. The molecule has 2 rings (SSSR count). The standard InChI is InChI=1S/C20H24N2O3S/c1-14(2)17-9-6-16(7-10-17)8-12-20(23)22-18-11-5-15(3)19(13-18)26(24,25)21-4/h5-14,21H,1-4H3,(H,22,23)/b12-8+. The minimum Gasteiger partial charge on any atom is -0.322 e. The van der Waals surface area contributed by atoms with Crippen LogP contribution in [0.4, 0.5) is 5.69 Å². The number of carbonyl (C=O) groups excluding carboxylic acids is 1. The fourth-order valence-electron chi connectivity index (χ4n) is 2.43. The summed E-state index contributed by atoms with van der Waals surface area (Å²) in [6.07, 6.45) is 3.15. The van der Waals surface area contributed by atoms with E-state index in [-0.39, 0.29) is 10.8 Å². The van der Waals surface area contributed by atoms with Crippen molar-refractivity contribution >= 4 is 27.7 Å². The largest absolute Gasteiger partial charge is 0.322 e. The molecule has 0 bridgehead atoms. The lowest BCUT2D eigenvalue weighted by atomic mass is 10.0. The highest BCUT2D eigenvalue weighted by Gasteiger charge is 2.15. The minimum absolute atomic E-state index is 0.144. The average molecular weight is 372 g/mol. The molecular weight excluding hydrogens is 348 g/mol. The summed E-state index contributed by atoms with van der Waals surface area (Å²) in [5.41, 5.74) is 3.20. The molecule has 2 N–H and O–H groups in total. The molecule has 26 heavy (non-hydrogen) atoms. The molecule has 0 aliphatic rings. The third-order valence-corrected chi connectivity index (χ3v) is 5.60. The van der Waals surface area contributed by atoms with Crippen molar-refractivity contribution in [2.45, 2.75) is 31.6 Å². The summed E-state index contributed by atoms with van der Waals surface area (Å²) in [7, 11) is -2.22. The van der Waals surface area contributed by atoms with Crippen molar-refractivity contribution in [2.75, 3.05) is 12.4 Å². The predicted octanol–water partition coefficient (Wildman–Crippen LogP) is 3.68. The Bertz CT molecular complexity index is 915. The van der Waals surface area contributed by atoms with E-state index in [0.717, 1.165) is 5.56 Å². The maximum absolute atomic E-state index is 12.1. The van der Waals surface area contributed by atoms with Crippen LogP contribution in [-0.4, -0.2) is 21.4 Å². The van der Waals surface area contributed by atoms with Crippen LogP contribution in [0.15, 0.2) is 53.4 Å². The van der Waals surface area contributed by atoms with Gasteiger partial charge in [-0.15, -0.1) is 0 Å². The smallest absolute Gasteiger partial charge is 0.248 e. The minimum atomic E-state index is -3.57. The van der Waals surface area contributed by atoms with Crippen molar-refractivity contribution in [3.8, 4) is 0 Å². The van der Waals surface area contributed by atoms with Gasteiger partial charge in [-0.3, -0.25) is 4.79 Å². The SMILES string of the molecule is CNS(=O)(=O)c1cc(NC(=O)/C=C/c2ccc(C(C)C)cc2)ccc1C. The molecule has 5 nitrogen and oxygen atoms in total. The molecule has 6 heteroatoms. The van der Waals surface area contributed by atoms with Gasteiger partial charge in [-0.2, -0.15) is 0 Å². The number of carbonyl (C=O) groups is 1. The number of anilines is 1. The monoisotopic (exact) mass is 372 g/mol. The maximum Gasteiger partial charge on any atom is 0.248 e. The summed E-state index contributed by atoms with van der Waals surface area (Å²) in [5, 5.41) is 2.69. The maximum atomic E-state index is 12.1. The van der Waals surface area contributed by atoms with E-state index in [2.05, 4.69) is 23.9 Å². The fourth-order valence-corrected chi connectivity index (χ4v) is 3.42. The van der Waals surface area contributed by atoms with E-state index in [0.29, 0.717) is 17.2 Å². The number of hydrogen-bond acceptors (Lipinski definition) is 3. The topological polar surface area (TPSA) is 75.3 Å². The highest BCUT2D eigenvalue weighted by atomic mass is 32.2. The number of amides is 1. The van der Waals surface area contributed by atoms with E-state index < -0.39 is 10.0 Å². The van der Waals surface area contributed by atoms with Crippen molar-refractivity contribution in [1.82, 2.24) is 4.72 Å². The lowest BCUT2D eigenvalue weighted by Gasteiger charge is -2.09. The molecule has 2 aromatic carbocycles. The molecule has 0 aromatic heterocycles. The Morgan fingerprint density at radius 3 is 2.31 bits per heavy atom. The van der Waals surface area contributed by atoms with Gasteiger partial charge in [0.2, 0.25) is 15.9 Å². The molecule has 0 saturated carbocycles. The number of rotatable bonds is 6. The Balaban J connectivity index is 2.11. The number of hydrogen-bond donors (Lipinski definition) is 2. The van der Waals surface area contributed by atoms with Gasteiger partial charge in [0.25, 0.3) is 0 Å². The van der Waals surface area contributed by atoms with Crippen molar-refractivity contribution in [3.63, 3.8) is 0 Å². The summed E-state index contributed by atoms with van der Waals surface area (Å²) in [5.74, 6) is 0.135. The zero-order valence-electron chi connectivity index (χ0n) is 15.4. The zero-order valence-corrected chi connectivity index (χ0v) is 16.2. The predicted molar refractivity (Wildman–Crippen MR) is 106 cm³/mol. The molecule has 0 fully saturated rings. The van der Waals surface area contributed by atoms with Crippen LogP contribution in [0.25, 0.3) is 6.08 Å². The molecule has 0 heterocycles. The van der Waals surface area contributed by atoms with Crippen LogP contribution in [0, 0.1) is 6.92 Å². The van der Waals surface area contributed by atoms with E-state index in [4.69, 9.17) is 0 Å². The third-order valence-electron chi connectivity index (χ3n) is 4.04. The highest BCUT2D eigenvalue weighted by Crippen LogP contribution is 2.20. The van der Waals surface area contributed by atoms with E-state index in [1.807, 2.05) is 24.3 Å². The first-order chi connectivity index (χ1) is 12.2. The number of aryl methyl sites for hydroxylation is 1. The van der Waals surface area contributed by atoms with Gasteiger partial charge in [0, 0.05) is 11.8 Å². The Kier molecular flexibility index (Phi) is 6.34. The van der Waals surface area contributed by atoms with E-state index in [9.17, 15) is 13.2 Å². The molecule has 0 spiro atoms. The number of nitrogens with one attached hydrogen (secondary N) is 2. The molecule has 0 atom stereocenters. The Morgan fingerprint density at radius 1 is 1.08 bits per heavy atom. The molecule has 2 aromatic rings. The van der Waals surface area contributed by atoms with Gasteiger partial charge in [0.05, 0.1) is 4.90 Å². The van der Waals surface area contributed by atoms with Crippen LogP contribution < -0.4 is 10.0 Å². The summed E-state index contributed by atoms with van der Waals surface area (Å²) in [6.45, 7) is 5.96. The first kappa shape index (κ1) is 19.9. The second-order valence-corrected chi connectivity index (χ2v) is 8.19. The first-order valence-corrected chi connectivity index (χ1v) is 9.84. The van der Waals surface area contributed by atoms with Crippen LogP contribution in [0.5, 0.6) is 0 Å². The van der Waals surface area contributed by atoms with Crippen molar-refractivity contribution in [1.29, 1.82) is 0 Å². The van der Waals surface area contributed by atoms with Crippen molar-refractivity contribution in [3.05, 3.63) is 65.2 Å². The van der Waals surface area contributed by atoms with Gasteiger partial charge in [-0.25, -0.2) is 13.1 Å². The highest BCUT2D eigenvalue weighted by molar-refractivity contribution is 7.89. The average Bonchev–Trinajstić information content (AvgIpc) is 2.61. The van der Waals surface area contributed by atoms with Crippen molar-refractivity contribution in [2.24, 2.45) is 0 Å². The van der Waals surface area contributed by atoms with Gasteiger partial charge in [-0.1, -0.05) is 44.2 Å². The first-order valence-electron chi connectivity index (χ1n) is 8.36. The fraction of sp³-hybridized carbons (Fsp3) is 0.250. The van der Waals surface area contributed by atoms with Crippen molar-refractivity contribution < 1.29 is 13.2 Å². The number of sulfonamides is 1. The van der Waals surface area contributed by atoms with Gasteiger partial charge in [0.1, 0.15) is 0 Å². The van der Waals surface area contributed by atoms with Gasteiger partial charge in [0.15, 0.2) is 0 Å². The second kappa shape index (κ2) is 8.29. The van der Waals surface area contributed by atoms with Crippen LogP contribution in [0.2, 0.25) is 0 Å². The Labute approximate surface area is 155 Å². The van der Waals surface area contributed by atoms with E-state index in [1.54, 1.807) is 25.1 Å². The molecule has 0 unspecified atom stereocenters. The van der Waals surface area contributed by atoms with Crippen LogP contribution in [0.1, 0.15) is 36.5 Å². The zero-order chi connectivity index (χ0) is 19.3. The normalized spacial score (nSPS) is 11.9. The Morgan fingerprint density at radius 2 is 1.73 bits per heavy atom. The molecule has 0 aliphatic carbocycles. The molecule has 0 saturated heterocycles. The van der Waals surface area contributed by atoms with Crippen LogP contribution >= 0.6 is 0 Å². The quantitative estimate of drug-likeness (QED) is 0.760. The summed E-state index contributed by atoms with van der Waals surface area (Å²) < 4.78 is 26.3. The lowest BCUT2D eigenvalue weighted by Crippen LogP contribution is -2.20.